The van der Waals surface area contributed by atoms with E-state index in [-0.39, 0.29) is 12.0 Å². The molecule has 0 bridgehead atoms. The van der Waals surface area contributed by atoms with Crippen LogP contribution in [0.3, 0.4) is 0 Å². The second-order valence-corrected chi connectivity index (χ2v) is 3.64. The Morgan fingerprint density at radius 3 is 3.00 bits per heavy atom. The standard InChI is InChI=1S/C11H19NO2/c1-3-5-9(2)11(13)12-8-10-6-4-7-14-10/h5,10H,3-4,6-8H2,1-2H3,(H,12,13). The molecular weight excluding hydrogens is 178 g/mol. The fraction of sp³-hybridized carbons (Fsp3) is 0.727. The van der Waals surface area contributed by atoms with Gasteiger partial charge in [-0.1, -0.05) is 13.0 Å². The van der Waals surface area contributed by atoms with E-state index in [1.807, 2.05) is 19.9 Å². The predicted molar refractivity (Wildman–Crippen MR) is 56.0 cm³/mol. The lowest BCUT2D eigenvalue weighted by Gasteiger charge is -2.10. The largest absolute Gasteiger partial charge is 0.376 e. The Morgan fingerprint density at radius 2 is 2.43 bits per heavy atom. The lowest BCUT2D eigenvalue weighted by atomic mass is 10.2. The third-order valence-electron chi connectivity index (χ3n) is 2.38. The number of hydrogen-bond acceptors (Lipinski definition) is 2. The number of hydrogen-bond donors (Lipinski definition) is 1. The normalized spacial score (nSPS) is 22.4. The van der Waals surface area contributed by atoms with Crippen molar-refractivity contribution in [3.63, 3.8) is 0 Å². The summed E-state index contributed by atoms with van der Waals surface area (Å²) in [7, 11) is 0. The van der Waals surface area contributed by atoms with Gasteiger partial charge in [-0.2, -0.15) is 0 Å². The first-order valence-electron chi connectivity index (χ1n) is 5.30. The first-order chi connectivity index (χ1) is 6.74. The van der Waals surface area contributed by atoms with Gasteiger partial charge >= 0.3 is 0 Å². The summed E-state index contributed by atoms with van der Waals surface area (Å²) in [6, 6.07) is 0. The summed E-state index contributed by atoms with van der Waals surface area (Å²) >= 11 is 0. The molecule has 0 radical (unpaired) electrons. The van der Waals surface area contributed by atoms with Gasteiger partial charge in [0, 0.05) is 18.7 Å². The maximum Gasteiger partial charge on any atom is 0.246 e. The molecule has 1 rings (SSSR count). The molecule has 0 spiro atoms. The van der Waals surface area contributed by atoms with Gasteiger partial charge in [-0.3, -0.25) is 4.79 Å². The molecule has 80 valence electrons. The molecule has 0 aliphatic carbocycles. The Bertz CT molecular complexity index is 217. The predicted octanol–water partition coefficient (Wildman–Crippen LogP) is 1.64. The van der Waals surface area contributed by atoms with Crippen molar-refractivity contribution in [2.24, 2.45) is 0 Å². The highest BCUT2D eigenvalue weighted by molar-refractivity contribution is 5.92. The fourth-order valence-electron chi connectivity index (χ4n) is 1.55. The molecule has 3 heteroatoms. The number of amides is 1. The maximum atomic E-state index is 11.5. The summed E-state index contributed by atoms with van der Waals surface area (Å²) in [5.41, 5.74) is 0.797. The lowest BCUT2D eigenvalue weighted by molar-refractivity contribution is -0.117. The molecule has 0 saturated carbocycles. The van der Waals surface area contributed by atoms with E-state index in [0.717, 1.165) is 31.4 Å². The quantitative estimate of drug-likeness (QED) is 0.696. The Hall–Kier alpha value is -0.830. The molecule has 1 aliphatic rings. The van der Waals surface area contributed by atoms with Gasteiger partial charge in [0.1, 0.15) is 0 Å². The van der Waals surface area contributed by atoms with Gasteiger partial charge in [-0.15, -0.1) is 0 Å². The van der Waals surface area contributed by atoms with Gasteiger partial charge in [0.25, 0.3) is 0 Å². The molecule has 0 aromatic carbocycles. The SMILES string of the molecule is CCC=C(C)C(=O)NCC1CCCO1. The van der Waals surface area contributed by atoms with Gasteiger partial charge in [0.2, 0.25) is 5.91 Å². The summed E-state index contributed by atoms with van der Waals surface area (Å²) in [4.78, 5) is 11.5. The second kappa shape index (κ2) is 5.81. The average Bonchev–Trinajstić information content (AvgIpc) is 2.67. The zero-order chi connectivity index (χ0) is 10.4. The van der Waals surface area contributed by atoms with Crippen LogP contribution in [0.15, 0.2) is 11.6 Å². The molecule has 1 atom stereocenters. The van der Waals surface area contributed by atoms with Crippen LogP contribution in [0, 0.1) is 0 Å². The van der Waals surface area contributed by atoms with E-state index in [4.69, 9.17) is 4.74 Å². The maximum absolute atomic E-state index is 11.5. The van der Waals surface area contributed by atoms with Crippen molar-refractivity contribution < 1.29 is 9.53 Å². The van der Waals surface area contributed by atoms with Crippen molar-refractivity contribution in [1.29, 1.82) is 0 Å². The first-order valence-corrected chi connectivity index (χ1v) is 5.30. The molecule has 3 nitrogen and oxygen atoms in total. The Labute approximate surface area is 85.5 Å². The van der Waals surface area contributed by atoms with Gasteiger partial charge in [0.15, 0.2) is 0 Å². The van der Waals surface area contributed by atoms with Crippen molar-refractivity contribution in [2.45, 2.75) is 39.2 Å². The highest BCUT2D eigenvalue weighted by Gasteiger charge is 2.16. The molecule has 1 fully saturated rings. The zero-order valence-corrected chi connectivity index (χ0v) is 9.01. The van der Waals surface area contributed by atoms with E-state index in [1.165, 1.54) is 0 Å². The van der Waals surface area contributed by atoms with Crippen molar-refractivity contribution in [2.75, 3.05) is 13.2 Å². The molecule has 1 amide bonds. The van der Waals surface area contributed by atoms with Crippen LogP contribution in [0.5, 0.6) is 0 Å². The van der Waals surface area contributed by atoms with Gasteiger partial charge < -0.3 is 10.1 Å². The summed E-state index contributed by atoms with van der Waals surface area (Å²) in [6.07, 6.45) is 5.25. The zero-order valence-electron chi connectivity index (χ0n) is 9.01. The van der Waals surface area contributed by atoms with Crippen LogP contribution in [-0.4, -0.2) is 25.2 Å². The molecule has 1 heterocycles. The topological polar surface area (TPSA) is 38.3 Å². The fourth-order valence-corrected chi connectivity index (χ4v) is 1.55. The molecule has 0 aromatic rings. The highest BCUT2D eigenvalue weighted by Crippen LogP contribution is 2.10. The first kappa shape index (κ1) is 11.2. The Kier molecular flexibility index (Phi) is 4.66. The van der Waals surface area contributed by atoms with E-state index in [2.05, 4.69) is 5.32 Å². The summed E-state index contributed by atoms with van der Waals surface area (Å²) in [5.74, 6) is 0.0300. The lowest BCUT2D eigenvalue weighted by Crippen LogP contribution is -2.32. The van der Waals surface area contributed by atoms with Crippen molar-refractivity contribution in [3.05, 3.63) is 11.6 Å². The summed E-state index contributed by atoms with van der Waals surface area (Å²) in [5, 5.41) is 2.88. The van der Waals surface area contributed by atoms with Crippen molar-refractivity contribution in [3.8, 4) is 0 Å². The molecule has 1 aliphatic heterocycles. The molecule has 1 N–H and O–H groups in total. The van der Waals surface area contributed by atoms with Crippen LogP contribution in [-0.2, 0) is 9.53 Å². The Balaban J connectivity index is 2.23. The average molecular weight is 197 g/mol. The number of carbonyl (C=O) groups excluding carboxylic acids is 1. The van der Waals surface area contributed by atoms with Crippen molar-refractivity contribution >= 4 is 5.91 Å². The highest BCUT2D eigenvalue weighted by atomic mass is 16.5. The van der Waals surface area contributed by atoms with E-state index in [0.29, 0.717) is 6.54 Å². The second-order valence-electron chi connectivity index (χ2n) is 3.64. The van der Waals surface area contributed by atoms with Crippen LogP contribution >= 0.6 is 0 Å². The van der Waals surface area contributed by atoms with E-state index < -0.39 is 0 Å². The minimum absolute atomic E-state index is 0.0300. The molecule has 0 aromatic heterocycles. The van der Waals surface area contributed by atoms with Gasteiger partial charge in [-0.25, -0.2) is 0 Å². The van der Waals surface area contributed by atoms with Gasteiger partial charge in [0.05, 0.1) is 6.10 Å². The number of nitrogens with one attached hydrogen (secondary N) is 1. The van der Waals surface area contributed by atoms with Crippen LogP contribution in [0.25, 0.3) is 0 Å². The number of rotatable bonds is 4. The third-order valence-corrected chi connectivity index (χ3v) is 2.38. The minimum Gasteiger partial charge on any atom is -0.376 e. The van der Waals surface area contributed by atoms with E-state index in [1.54, 1.807) is 0 Å². The van der Waals surface area contributed by atoms with Crippen LogP contribution in [0.4, 0.5) is 0 Å². The molecule has 14 heavy (non-hydrogen) atoms. The van der Waals surface area contributed by atoms with E-state index in [9.17, 15) is 4.79 Å². The molecular formula is C11H19NO2. The Morgan fingerprint density at radius 1 is 1.64 bits per heavy atom. The van der Waals surface area contributed by atoms with Gasteiger partial charge in [-0.05, 0) is 26.2 Å². The van der Waals surface area contributed by atoms with Crippen LogP contribution in [0.2, 0.25) is 0 Å². The number of carbonyl (C=O) groups is 1. The third kappa shape index (κ3) is 3.50. The van der Waals surface area contributed by atoms with Crippen LogP contribution in [0.1, 0.15) is 33.1 Å². The van der Waals surface area contributed by atoms with E-state index >= 15 is 0 Å². The summed E-state index contributed by atoms with van der Waals surface area (Å²) in [6.45, 7) is 5.35. The van der Waals surface area contributed by atoms with Crippen molar-refractivity contribution in [1.82, 2.24) is 5.32 Å². The molecule has 1 saturated heterocycles. The van der Waals surface area contributed by atoms with Crippen LogP contribution < -0.4 is 5.32 Å². The summed E-state index contributed by atoms with van der Waals surface area (Å²) < 4.78 is 5.41. The smallest absolute Gasteiger partial charge is 0.246 e. The number of ether oxygens (including phenoxy) is 1. The number of allylic oxidation sites excluding steroid dienone is 1. The minimum atomic E-state index is 0.0300. The molecule has 1 unspecified atom stereocenters. The monoisotopic (exact) mass is 197 g/mol.